The van der Waals surface area contributed by atoms with Crippen molar-refractivity contribution in [1.82, 2.24) is 24.7 Å². The van der Waals surface area contributed by atoms with Crippen LogP contribution in [0.2, 0.25) is 0 Å². The van der Waals surface area contributed by atoms with Gasteiger partial charge in [-0.15, -0.1) is 0 Å². The van der Waals surface area contributed by atoms with E-state index in [-0.39, 0.29) is 18.5 Å². The zero-order valence-electron chi connectivity index (χ0n) is 16.6. The second-order valence-corrected chi connectivity index (χ2v) is 7.33. The van der Waals surface area contributed by atoms with Gasteiger partial charge in [0, 0.05) is 32.0 Å². The van der Waals surface area contributed by atoms with Crippen LogP contribution in [0.15, 0.2) is 55.0 Å². The van der Waals surface area contributed by atoms with Gasteiger partial charge in [0.25, 0.3) is 0 Å². The van der Waals surface area contributed by atoms with Gasteiger partial charge < -0.3 is 9.64 Å². The van der Waals surface area contributed by atoms with Crippen LogP contribution >= 0.6 is 0 Å². The number of nitrogens with zero attached hydrogens (tertiary/aromatic N) is 6. The van der Waals surface area contributed by atoms with E-state index in [0.29, 0.717) is 22.7 Å². The third-order valence-corrected chi connectivity index (χ3v) is 5.48. The number of fused-ring (bicyclic) bond motifs is 1. The van der Waals surface area contributed by atoms with E-state index in [2.05, 4.69) is 25.0 Å². The first-order valence-electron chi connectivity index (χ1n) is 9.88. The van der Waals surface area contributed by atoms with Crippen molar-refractivity contribution in [2.45, 2.75) is 19.1 Å². The molecule has 0 amide bonds. The molecule has 1 aliphatic rings. The third-order valence-electron chi connectivity index (χ3n) is 5.48. The highest BCUT2D eigenvalue weighted by Crippen LogP contribution is 2.27. The van der Waals surface area contributed by atoms with Crippen molar-refractivity contribution in [1.29, 1.82) is 0 Å². The van der Waals surface area contributed by atoms with E-state index in [1.54, 1.807) is 30.1 Å². The molecular weight excluding hydrogens is 383 g/mol. The molecule has 1 atom stereocenters. The molecule has 7 nitrogen and oxygen atoms in total. The molecule has 1 aliphatic heterocycles. The standard InChI is InChI=1S/C22H21FN6O/c1-30-17-8-10-28(14-17)16-11-25-21(26-12-16)20-18-6-4-9-24-22(18)29(27-20)13-15-5-2-3-7-19(15)23/h2-7,9,11-12,17H,8,10,13-14H2,1H3. The quantitative estimate of drug-likeness (QED) is 0.508. The Bertz CT molecular complexity index is 1180. The van der Waals surface area contributed by atoms with Crippen molar-refractivity contribution in [2.24, 2.45) is 0 Å². The molecule has 30 heavy (non-hydrogen) atoms. The van der Waals surface area contributed by atoms with Crippen LogP contribution in [-0.2, 0) is 11.3 Å². The van der Waals surface area contributed by atoms with Gasteiger partial charge >= 0.3 is 0 Å². The lowest BCUT2D eigenvalue weighted by molar-refractivity contribution is 0.121. The van der Waals surface area contributed by atoms with Crippen LogP contribution in [0.5, 0.6) is 0 Å². The number of pyridine rings is 1. The normalized spacial score (nSPS) is 16.5. The van der Waals surface area contributed by atoms with Crippen LogP contribution in [0.25, 0.3) is 22.6 Å². The molecule has 4 aromatic rings. The van der Waals surface area contributed by atoms with E-state index in [1.165, 1.54) is 6.07 Å². The fourth-order valence-electron chi connectivity index (χ4n) is 3.83. The number of benzene rings is 1. The summed E-state index contributed by atoms with van der Waals surface area (Å²) in [7, 11) is 1.74. The smallest absolute Gasteiger partial charge is 0.180 e. The zero-order chi connectivity index (χ0) is 20.5. The van der Waals surface area contributed by atoms with Crippen LogP contribution < -0.4 is 4.90 Å². The summed E-state index contributed by atoms with van der Waals surface area (Å²) in [4.78, 5) is 15.8. The number of anilines is 1. The molecule has 0 spiro atoms. The third kappa shape index (κ3) is 3.39. The first-order valence-corrected chi connectivity index (χ1v) is 9.88. The lowest BCUT2D eigenvalue weighted by Gasteiger charge is -2.17. The predicted molar refractivity (Wildman–Crippen MR) is 112 cm³/mol. The average molecular weight is 404 g/mol. The van der Waals surface area contributed by atoms with Gasteiger partial charge in [0.15, 0.2) is 11.5 Å². The maximum atomic E-state index is 14.2. The van der Waals surface area contributed by atoms with E-state index in [4.69, 9.17) is 4.74 Å². The number of hydrogen-bond acceptors (Lipinski definition) is 6. The van der Waals surface area contributed by atoms with E-state index < -0.39 is 0 Å². The molecule has 3 aromatic heterocycles. The maximum absolute atomic E-state index is 14.2. The van der Waals surface area contributed by atoms with E-state index in [1.807, 2.05) is 30.6 Å². The van der Waals surface area contributed by atoms with Crippen LogP contribution in [0, 0.1) is 5.82 Å². The summed E-state index contributed by atoms with van der Waals surface area (Å²) in [6.45, 7) is 2.04. The Morgan fingerprint density at radius 2 is 1.93 bits per heavy atom. The summed E-state index contributed by atoms with van der Waals surface area (Å²) >= 11 is 0. The molecule has 0 bridgehead atoms. The molecule has 1 aromatic carbocycles. The van der Waals surface area contributed by atoms with Gasteiger partial charge in [-0.05, 0) is 24.6 Å². The molecule has 1 unspecified atom stereocenters. The lowest BCUT2D eigenvalue weighted by atomic mass is 10.2. The Balaban J connectivity index is 1.48. The molecule has 0 N–H and O–H groups in total. The van der Waals surface area contributed by atoms with E-state index in [9.17, 15) is 4.39 Å². The largest absolute Gasteiger partial charge is 0.380 e. The Hall–Kier alpha value is -3.39. The maximum Gasteiger partial charge on any atom is 0.180 e. The van der Waals surface area contributed by atoms with Gasteiger partial charge in [0.1, 0.15) is 11.5 Å². The highest BCUT2D eigenvalue weighted by molar-refractivity contribution is 5.89. The number of ether oxygens (including phenoxy) is 1. The molecule has 4 heterocycles. The number of halogens is 1. The highest BCUT2D eigenvalue weighted by Gasteiger charge is 2.23. The number of methoxy groups -OCH3 is 1. The van der Waals surface area contributed by atoms with Gasteiger partial charge in [-0.1, -0.05) is 18.2 Å². The topological polar surface area (TPSA) is 69.0 Å². The summed E-state index contributed by atoms with van der Waals surface area (Å²) in [5.41, 5.74) is 2.83. The number of rotatable bonds is 5. The SMILES string of the molecule is COC1CCN(c2cnc(-c3nn(Cc4ccccc4F)c4ncccc34)nc2)C1. The van der Waals surface area contributed by atoms with Crippen molar-refractivity contribution in [2.75, 3.05) is 25.1 Å². The second kappa shape index (κ2) is 7.79. The molecule has 1 fully saturated rings. The molecule has 5 rings (SSSR count). The van der Waals surface area contributed by atoms with Crippen LogP contribution in [0.3, 0.4) is 0 Å². The summed E-state index contributed by atoms with van der Waals surface area (Å²) in [6.07, 6.45) is 6.58. The van der Waals surface area contributed by atoms with Crippen molar-refractivity contribution < 1.29 is 9.13 Å². The van der Waals surface area contributed by atoms with Crippen LogP contribution in [-0.4, -0.2) is 51.0 Å². The number of hydrogen-bond donors (Lipinski definition) is 0. The van der Waals surface area contributed by atoms with Crippen LogP contribution in [0.4, 0.5) is 10.1 Å². The molecule has 1 saturated heterocycles. The van der Waals surface area contributed by atoms with Gasteiger partial charge in [0.2, 0.25) is 0 Å². The Morgan fingerprint density at radius 1 is 1.10 bits per heavy atom. The van der Waals surface area contributed by atoms with Crippen molar-refractivity contribution in [3.05, 3.63) is 66.4 Å². The lowest BCUT2D eigenvalue weighted by Crippen LogP contribution is -2.22. The molecule has 152 valence electrons. The first-order chi connectivity index (χ1) is 14.7. The van der Waals surface area contributed by atoms with E-state index in [0.717, 1.165) is 30.6 Å². The van der Waals surface area contributed by atoms with Gasteiger partial charge in [-0.2, -0.15) is 5.10 Å². The highest BCUT2D eigenvalue weighted by atomic mass is 19.1. The first kappa shape index (κ1) is 18.6. The molecule has 8 heteroatoms. The minimum absolute atomic E-state index is 0.244. The summed E-state index contributed by atoms with van der Waals surface area (Å²) in [5.74, 6) is 0.255. The minimum atomic E-state index is -0.265. The van der Waals surface area contributed by atoms with Gasteiger partial charge in [-0.25, -0.2) is 24.0 Å². The van der Waals surface area contributed by atoms with Crippen molar-refractivity contribution in [3.63, 3.8) is 0 Å². The average Bonchev–Trinajstić information content (AvgIpc) is 3.41. The molecular formula is C22H21FN6O. The molecule has 0 aliphatic carbocycles. The fraction of sp³-hybridized carbons (Fsp3) is 0.273. The monoisotopic (exact) mass is 404 g/mol. The minimum Gasteiger partial charge on any atom is -0.380 e. The molecule has 0 saturated carbocycles. The summed E-state index contributed by atoms with van der Waals surface area (Å²) in [5, 5.41) is 5.51. The van der Waals surface area contributed by atoms with E-state index >= 15 is 0 Å². The predicted octanol–water partition coefficient (Wildman–Crippen LogP) is 3.30. The van der Waals surface area contributed by atoms with Gasteiger partial charge in [-0.3, -0.25) is 0 Å². The Labute approximate surface area is 173 Å². The summed E-state index contributed by atoms with van der Waals surface area (Å²) in [6, 6.07) is 10.5. The zero-order valence-corrected chi connectivity index (χ0v) is 16.6. The van der Waals surface area contributed by atoms with Crippen molar-refractivity contribution in [3.8, 4) is 11.5 Å². The van der Waals surface area contributed by atoms with Gasteiger partial charge in [0.05, 0.1) is 36.1 Å². The van der Waals surface area contributed by atoms with Crippen molar-refractivity contribution >= 4 is 16.7 Å². The summed E-state index contributed by atoms with van der Waals surface area (Å²) < 4.78 is 21.3. The number of aromatic nitrogens is 5. The fourth-order valence-corrected chi connectivity index (χ4v) is 3.83. The van der Waals surface area contributed by atoms with Crippen LogP contribution in [0.1, 0.15) is 12.0 Å². The Kier molecular flexibility index (Phi) is 4.84. The molecule has 0 radical (unpaired) electrons. The Morgan fingerprint density at radius 3 is 2.70 bits per heavy atom. The second-order valence-electron chi connectivity index (χ2n) is 7.33.